The van der Waals surface area contributed by atoms with Gasteiger partial charge in [0.05, 0.1) is 25.5 Å². The van der Waals surface area contributed by atoms with Crippen molar-refractivity contribution in [3.05, 3.63) is 96.2 Å². The maximum atomic E-state index is 13.6. The minimum Gasteiger partial charge on any atom is -0.493 e. The molecule has 1 aromatic heterocycles. The van der Waals surface area contributed by atoms with E-state index in [1.165, 1.54) is 5.56 Å². The van der Waals surface area contributed by atoms with Gasteiger partial charge >= 0.3 is 0 Å². The maximum Gasteiger partial charge on any atom is 0.255 e. The van der Waals surface area contributed by atoms with Crippen LogP contribution in [-0.2, 0) is 6.54 Å². The number of methoxy groups -OCH3 is 2. The molecule has 3 aromatic carbocycles. The number of hydrogen-bond donors (Lipinski definition) is 1. The fraction of sp³-hybridized carbons (Fsp3) is 0.267. The van der Waals surface area contributed by atoms with E-state index in [0.717, 1.165) is 43.7 Å². The molecular formula is C30H32N4O3. The molecule has 37 heavy (non-hydrogen) atoms. The monoisotopic (exact) mass is 496 g/mol. The minimum atomic E-state index is -0.117. The molecule has 1 N–H and O–H groups in total. The molecule has 1 saturated heterocycles. The Labute approximate surface area is 217 Å². The summed E-state index contributed by atoms with van der Waals surface area (Å²) >= 11 is 0. The molecule has 7 heteroatoms. The number of hydrogen-bond acceptors (Lipinski definition) is 5. The molecule has 1 aliphatic rings. The number of nitrogens with zero attached hydrogens (tertiary/aromatic N) is 3. The van der Waals surface area contributed by atoms with Crippen molar-refractivity contribution >= 4 is 5.91 Å². The summed E-state index contributed by atoms with van der Waals surface area (Å²) in [5.74, 6) is 1.10. The highest BCUT2D eigenvalue weighted by molar-refractivity contribution is 6.00. The Morgan fingerprint density at radius 3 is 2.27 bits per heavy atom. The van der Waals surface area contributed by atoms with Crippen molar-refractivity contribution in [3.63, 3.8) is 0 Å². The number of carbonyl (C=O) groups is 1. The number of ether oxygens (including phenoxy) is 2. The summed E-state index contributed by atoms with van der Waals surface area (Å²) in [5, 5.41) is 8.08. The molecule has 7 nitrogen and oxygen atoms in total. The van der Waals surface area contributed by atoms with Crippen molar-refractivity contribution in [3.8, 4) is 28.4 Å². The van der Waals surface area contributed by atoms with Gasteiger partial charge in [0.1, 0.15) is 5.69 Å². The van der Waals surface area contributed by atoms with Gasteiger partial charge in [0.25, 0.3) is 5.91 Å². The Morgan fingerprint density at radius 1 is 0.919 bits per heavy atom. The third kappa shape index (κ3) is 5.67. The Balaban J connectivity index is 1.35. The third-order valence-electron chi connectivity index (χ3n) is 6.81. The van der Waals surface area contributed by atoms with E-state index in [2.05, 4.69) is 34.5 Å². The average Bonchev–Trinajstić information content (AvgIpc) is 3.41. The number of carbonyl (C=O) groups excluding carboxylic acids is 1. The summed E-state index contributed by atoms with van der Waals surface area (Å²) in [4.78, 5) is 16.0. The summed E-state index contributed by atoms with van der Waals surface area (Å²) in [5.41, 5.74) is 4.12. The molecule has 1 fully saturated rings. The van der Waals surface area contributed by atoms with Crippen LogP contribution in [0, 0.1) is 0 Å². The quantitative estimate of drug-likeness (QED) is 0.374. The largest absolute Gasteiger partial charge is 0.493 e. The van der Waals surface area contributed by atoms with Gasteiger partial charge < -0.3 is 14.8 Å². The molecule has 4 aromatic rings. The first-order chi connectivity index (χ1) is 18.1. The zero-order valence-corrected chi connectivity index (χ0v) is 21.3. The lowest BCUT2D eigenvalue weighted by Crippen LogP contribution is -2.44. The molecule has 190 valence electrons. The molecule has 5 rings (SSSR count). The summed E-state index contributed by atoms with van der Waals surface area (Å²) in [6.45, 7) is 2.84. The van der Waals surface area contributed by atoms with E-state index < -0.39 is 0 Å². The second kappa shape index (κ2) is 11.3. The number of piperidine rings is 1. The van der Waals surface area contributed by atoms with Crippen LogP contribution in [0.4, 0.5) is 0 Å². The predicted molar refractivity (Wildman–Crippen MR) is 144 cm³/mol. The van der Waals surface area contributed by atoms with Gasteiger partial charge in [0, 0.05) is 37.4 Å². The second-order valence-electron chi connectivity index (χ2n) is 9.25. The number of amides is 1. The number of likely N-dealkylation sites (tertiary alicyclic amines) is 1. The van der Waals surface area contributed by atoms with Gasteiger partial charge in [-0.05, 0) is 48.7 Å². The van der Waals surface area contributed by atoms with E-state index in [1.807, 2.05) is 54.6 Å². The minimum absolute atomic E-state index is 0.117. The van der Waals surface area contributed by atoms with Crippen LogP contribution in [0.3, 0.4) is 0 Å². The van der Waals surface area contributed by atoms with Crippen LogP contribution in [-0.4, -0.2) is 53.9 Å². The molecule has 0 spiro atoms. The first-order valence-corrected chi connectivity index (χ1v) is 12.6. The summed E-state index contributed by atoms with van der Waals surface area (Å²) < 4.78 is 12.6. The second-order valence-corrected chi connectivity index (χ2v) is 9.25. The number of benzene rings is 3. The summed E-state index contributed by atoms with van der Waals surface area (Å²) in [6, 6.07) is 26.0. The van der Waals surface area contributed by atoms with Crippen LogP contribution in [0.1, 0.15) is 28.8 Å². The van der Waals surface area contributed by atoms with Crippen LogP contribution in [0.5, 0.6) is 11.5 Å². The van der Waals surface area contributed by atoms with E-state index in [0.29, 0.717) is 22.8 Å². The molecule has 0 aliphatic carbocycles. The van der Waals surface area contributed by atoms with E-state index in [4.69, 9.17) is 14.6 Å². The van der Waals surface area contributed by atoms with E-state index in [-0.39, 0.29) is 11.9 Å². The van der Waals surface area contributed by atoms with E-state index in [9.17, 15) is 4.79 Å². The predicted octanol–water partition coefficient (Wildman–Crippen LogP) is 4.95. The normalized spacial score (nSPS) is 14.3. The van der Waals surface area contributed by atoms with Gasteiger partial charge in [-0.3, -0.25) is 9.69 Å². The number of nitrogens with one attached hydrogen (secondary N) is 1. The lowest BCUT2D eigenvalue weighted by Gasteiger charge is -2.32. The summed E-state index contributed by atoms with van der Waals surface area (Å²) in [7, 11) is 3.20. The van der Waals surface area contributed by atoms with Crippen molar-refractivity contribution in [1.82, 2.24) is 20.0 Å². The average molecular weight is 497 g/mol. The van der Waals surface area contributed by atoms with Crippen LogP contribution in [0.2, 0.25) is 0 Å². The fourth-order valence-corrected chi connectivity index (χ4v) is 4.79. The first-order valence-electron chi connectivity index (χ1n) is 12.6. The van der Waals surface area contributed by atoms with Crippen LogP contribution in [0.15, 0.2) is 85.1 Å². The molecule has 0 bridgehead atoms. The molecule has 0 saturated carbocycles. The van der Waals surface area contributed by atoms with E-state index in [1.54, 1.807) is 25.1 Å². The number of aromatic nitrogens is 2. The molecule has 0 atom stereocenters. The smallest absolute Gasteiger partial charge is 0.255 e. The van der Waals surface area contributed by atoms with Crippen LogP contribution in [0.25, 0.3) is 16.9 Å². The first kappa shape index (κ1) is 24.6. The topological polar surface area (TPSA) is 68.6 Å². The van der Waals surface area contributed by atoms with Gasteiger partial charge in [-0.25, -0.2) is 4.68 Å². The zero-order valence-electron chi connectivity index (χ0n) is 21.3. The zero-order chi connectivity index (χ0) is 25.6. The molecule has 1 aliphatic heterocycles. The van der Waals surface area contributed by atoms with Crippen LogP contribution < -0.4 is 14.8 Å². The van der Waals surface area contributed by atoms with Crippen molar-refractivity contribution in [1.29, 1.82) is 0 Å². The van der Waals surface area contributed by atoms with Crippen molar-refractivity contribution in [2.24, 2.45) is 0 Å². The molecule has 2 heterocycles. The highest BCUT2D eigenvalue weighted by Crippen LogP contribution is 2.33. The Kier molecular flexibility index (Phi) is 7.51. The highest BCUT2D eigenvalue weighted by atomic mass is 16.5. The van der Waals surface area contributed by atoms with Gasteiger partial charge in [-0.1, -0.05) is 48.5 Å². The SMILES string of the molecule is COc1ccc(-c2nn(-c3ccccc3)cc2C(=O)NC2CCN(Cc3ccccc3)CC2)cc1OC. The maximum absolute atomic E-state index is 13.6. The molecule has 1 amide bonds. The third-order valence-corrected chi connectivity index (χ3v) is 6.81. The van der Waals surface area contributed by atoms with Crippen molar-refractivity contribution < 1.29 is 14.3 Å². The standard InChI is InChI=1S/C30H32N4O3/c1-36-27-14-13-23(19-28(27)37-2)29-26(21-34(32-29)25-11-7-4-8-12-25)30(35)31-24-15-17-33(18-16-24)20-22-9-5-3-6-10-22/h3-14,19,21,24H,15-18,20H2,1-2H3,(H,31,35). The molecular weight excluding hydrogens is 464 g/mol. The van der Waals surface area contributed by atoms with Gasteiger partial charge in [-0.2, -0.15) is 5.10 Å². The lowest BCUT2D eigenvalue weighted by molar-refractivity contribution is 0.0909. The molecule has 0 unspecified atom stereocenters. The number of rotatable bonds is 8. The van der Waals surface area contributed by atoms with Gasteiger partial charge in [0.2, 0.25) is 0 Å². The van der Waals surface area contributed by atoms with Crippen molar-refractivity contribution in [2.75, 3.05) is 27.3 Å². The van der Waals surface area contributed by atoms with E-state index >= 15 is 0 Å². The Hall–Kier alpha value is -4.10. The Bertz CT molecular complexity index is 1330. The van der Waals surface area contributed by atoms with Crippen LogP contribution >= 0.6 is 0 Å². The Morgan fingerprint density at radius 2 is 1.59 bits per heavy atom. The number of para-hydroxylation sites is 1. The van der Waals surface area contributed by atoms with Crippen molar-refractivity contribution in [2.45, 2.75) is 25.4 Å². The lowest BCUT2D eigenvalue weighted by atomic mass is 10.0. The fourth-order valence-electron chi connectivity index (χ4n) is 4.79. The van der Waals surface area contributed by atoms with Gasteiger partial charge in [-0.15, -0.1) is 0 Å². The summed E-state index contributed by atoms with van der Waals surface area (Å²) in [6.07, 6.45) is 3.63. The highest BCUT2D eigenvalue weighted by Gasteiger charge is 2.25. The van der Waals surface area contributed by atoms with Gasteiger partial charge in [0.15, 0.2) is 11.5 Å². The molecule has 0 radical (unpaired) electrons.